The van der Waals surface area contributed by atoms with Crippen LogP contribution < -0.4 is 5.32 Å². The van der Waals surface area contributed by atoms with Crippen LogP contribution >= 0.6 is 34.5 Å². The Morgan fingerprint density at radius 3 is 2.89 bits per heavy atom. The van der Waals surface area contributed by atoms with Gasteiger partial charge >= 0.3 is 0 Å². The van der Waals surface area contributed by atoms with E-state index in [1.54, 1.807) is 23.5 Å². The molecule has 1 atom stereocenters. The average Bonchev–Trinajstić information content (AvgIpc) is 2.92. The summed E-state index contributed by atoms with van der Waals surface area (Å²) in [4.78, 5) is 1.35. The van der Waals surface area contributed by atoms with Crippen molar-refractivity contribution < 1.29 is 0 Å². The highest BCUT2D eigenvalue weighted by Crippen LogP contribution is 2.41. The molecule has 96 valence electrons. The van der Waals surface area contributed by atoms with Crippen molar-refractivity contribution >= 4 is 40.2 Å². The minimum absolute atomic E-state index is 0.254. The third-order valence-corrected chi connectivity index (χ3v) is 4.93. The molecule has 5 heteroatoms. The lowest BCUT2D eigenvalue weighted by molar-refractivity contribution is 0.762. The number of hydrogen-bond donors (Lipinski definition) is 1. The highest BCUT2D eigenvalue weighted by atomic mass is 35.5. The van der Waals surface area contributed by atoms with Crippen molar-refractivity contribution in [2.75, 3.05) is 5.32 Å². The molecule has 1 aromatic carbocycles. The van der Waals surface area contributed by atoms with Gasteiger partial charge in [0, 0.05) is 4.88 Å². The second kappa shape index (κ2) is 5.05. The fraction of sp³-hybridized carbons (Fsp3) is 0.214. The SMILES string of the molecule is N#Cc1ccc(NC2CCc3sc(Cl)cc32)c(Cl)c1. The predicted molar refractivity (Wildman–Crippen MR) is 80.2 cm³/mol. The normalized spacial score (nSPS) is 17.0. The van der Waals surface area contributed by atoms with Crippen LogP contribution in [0.2, 0.25) is 9.36 Å². The molecule has 1 aliphatic carbocycles. The van der Waals surface area contributed by atoms with Crippen LogP contribution in [0.15, 0.2) is 24.3 Å². The standard InChI is InChI=1S/C14H10Cl2N2S/c15-10-5-8(7-17)1-2-12(10)18-11-3-4-13-9(11)6-14(16)19-13/h1-2,5-6,11,18H,3-4H2. The van der Waals surface area contributed by atoms with Gasteiger partial charge in [0.25, 0.3) is 0 Å². The summed E-state index contributed by atoms with van der Waals surface area (Å²) >= 11 is 13.9. The smallest absolute Gasteiger partial charge is 0.0992 e. The maximum atomic E-state index is 8.83. The molecular formula is C14H10Cl2N2S. The average molecular weight is 309 g/mol. The Kier molecular flexibility index (Phi) is 3.40. The number of fused-ring (bicyclic) bond motifs is 1. The van der Waals surface area contributed by atoms with Crippen molar-refractivity contribution in [1.82, 2.24) is 0 Å². The highest BCUT2D eigenvalue weighted by molar-refractivity contribution is 7.16. The number of nitrogens with zero attached hydrogens (tertiary/aromatic N) is 1. The highest BCUT2D eigenvalue weighted by Gasteiger charge is 2.25. The van der Waals surface area contributed by atoms with Crippen LogP contribution in [0.4, 0.5) is 5.69 Å². The van der Waals surface area contributed by atoms with Gasteiger partial charge < -0.3 is 5.32 Å². The summed E-state index contributed by atoms with van der Waals surface area (Å²) in [6.07, 6.45) is 2.10. The topological polar surface area (TPSA) is 35.8 Å². The molecule has 19 heavy (non-hydrogen) atoms. The largest absolute Gasteiger partial charge is 0.377 e. The van der Waals surface area contributed by atoms with Crippen LogP contribution in [-0.2, 0) is 6.42 Å². The van der Waals surface area contributed by atoms with Crippen molar-refractivity contribution in [2.45, 2.75) is 18.9 Å². The van der Waals surface area contributed by atoms with Gasteiger partial charge in [0.1, 0.15) is 0 Å². The molecule has 1 N–H and O–H groups in total. The number of benzene rings is 1. The molecule has 0 saturated heterocycles. The summed E-state index contributed by atoms with van der Waals surface area (Å²) in [6.45, 7) is 0. The Morgan fingerprint density at radius 2 is 2.16 bits per heavy atom. The third kappa shape index (κ3) is 2.44. The van der Waals surface area contributed by atoms with E-state index in [0.717, 1.165) is 22.9 Å². The van der Waals surface area contributed by atoms with E-state index in [2.05, 4.69) is 11.4 Å². The molecule has 0 amide bonds. The van der Waals surface area contributed by atoms with Crippen molar-refractivity contribution in [1.29, 1.82) is 5.26 Å². The maximum absolute atomic E-state index is 8.83. The molecule has 2 nitrogen and oxygen atoms in total. The zero-order valence-corrected chi connectivity index (χ0v) is 12.2. The van der Waals surface area contributed by atoms with Crippen molar-refractivity contribution in [3.05, 3.63) is 49.6 Å². The van der Waals surface area contributed by atoms with Crippen LogP contribution in [0.1, 0.15) is 28.5 Å². The molecule has 3 rings (SSSR count). The minimum atomic E-state index is 0.254. The maximum Gasteiger partial charge on any atom is 0.0992 e. The lowest BCUT2D eigenvalue weighted by Crippen LogP contribution is -2.07. The lowest BCUT2D eigenvalue weighted by Gasteiger charge is -2.15. The second-order valence-corrected chi connectivity index (χ2v) is 6.65. The first-order valence-corrected chi connectivity index (χ1v) is 7.49. The van der Waals surface area contributed by atoms with Gasteiger partial charge in [-0.25, -0.2) is 0 Å². The van der Waals surface area contributed by atoms with Gasteiger partial charge in [-0.1, -0.05) is 23.2 Å². The van der Waals surface area contributed by atoms with E-state index < -0.39 is 0 Å². The molecule has 2 aromatic rings. The number of nitriles is 1. The summed E-state index contributed by atoms with van der Waals surface area (Å²) in [6, 6.07) is 9.67. The Labute approximate surface area is 125 Å². The van der Waals surface area contributed by atoms with E-state index >= 15 is 0 Å². The van der Waals surface area contributed by atoms with Gasteiger partial charge in [-0.05, 0) is 42.7 Å². The summed E-state index contributed by atoms with van der Waals surface area (Å²) in [5.74, 6) is 0. The van der Waals surface area contributed by atoms with E-state index in [9.17, 15) is 0 Å². The first-order chi connectivity index (χ1) is 9.17. The Bertz CT molecular complexity index is 673. The molecule has 1 unspecified atom stereocenters. The monoisotopic (exact) mass is 308 g/mol. The number of halogens is 2. The van der Waals surface area contributed by atoms with E-state index in [-0.39, 0.29) is 6.04 Å². The summed E-state index contributed by atoms with van der Waals surface area (Å²) in [5.41, 5.74) is 2.71. The van der Waals surface area contributed by atoms with Gasteiger partial charge in [0.2, 0.25) is 0 Å². The van der Waals surface area contributed by atoms with Crippen molar-refractivity contribution in [3.8, 4) is 6.07 Å². The molecule has 0 radical (unpaired) electrons. The van der Waals surface area contributed by atoms with Crippen LogP contribution in [0.25, 0.3) is 0 Å². The summed E-state index contributed by atoms with van der Waals surface area (Å²) in [7, 11) is 0. The fourth-order valence-electron chi connectivity index (χ4n) is 2.37. The Balaban J connectivity index is 1.85. The van der Waals surface area contributed by atoms with Crippen molar-refractivity contribution in [2.24, 2.45) is 0 Å². The van der Waals surface area contributed by atoms with Crippen LogP contribution in [0.3, 0.4) is 0 Å². The zero-order valence-electron chi connectivity index (χ0n) is 9.91. The molecule has 0 bridgehead atoms. The van der Waals surface area contributed by atoms with Gasteiger partial charge in [0.15, 0.2) is 0 Å². The Morgan fingerprint density at radius 1 is 1.32 bits per heavy atom. The van der Waals surface area contributed by atoms with Crippen LogP contribution in [0, 0.1) is 11.3 Å². The second-order valence-electron chi connectivity index (χ2n) is 4.47. The number of rotatable bonds is 2. The number of hydrogen-bond acceptors (Lipinski definition) is 3. The van der Waals surface area contributed by atoms with E-state index in [4.69, 9.17) is 28.5 Å². The van der Waals surface area contributed by atoms with Gasteiger partial charge in [0.05, 0.1) is 32.7 Å². The number of anilines is 1. The zero-order chi connectivity index (χ0) is 13.4. The molecule has 1 aliphatic rings. The predicted octanol–water partition coefficient (Wildman–Crippen LogP) is 5.03. The Hall–Kier alpha value is -1.21. The molecule has 0 spiro atoms. The molecule has 1 heterocycles. The first kappa shape index (κ1) is 12.8. The number of thiophene rings is 1. The van der Waals surface area contributed by atoms with Crippen molar-refractivity contribution in [3.63, 3.8) is 0 Å². The first-order valence-electron chi connectivity index (χ1n) is 5.91. The molecule has 0 saturated carbocycles. The quantitative estimate of drug-likeness (QED) is 0.845. The van der Waals surface area contributed by atoms with Crippen LogP contribution in [0.5, 0.6) is 0 Å². The molecule has 0 fully saturated rings. The van der Waals surface area contributed by atoms with Gasteiger partial charge in [-0.2, -0.15) is 5.26 Å². The molecule has 0 aliphatic heterocycles. The molecule has 1 aromatic heterocycles. The van der Waals surface area contributed by atoms with E-state index in [1.807, 2.05) is 12.1 Å². The fourth-order valence-corrected chi connectivity index (χ4v) is 3.96. The van der Waals surface area contributed by atoms with Gasteiger partial charge in [-0.3, -0.25) is 0 Å². The third-order valence-electron chi connectivity index (χ3n) is 3.28. The number of nitrogens with one attached hydrogen (secondary N) is 1. The lowest BCUT2D eigenvalue weighted by atomic mass is 10.1. The van der Waals surface area contributed by atoms with E-state index in [0.29, 0.717) is 10.6 Å². The minimum Gasteiger partial charge on any atom is -0.377 e. The molecular weight excluding hydrogens is 299 g/mol. The van der Waals surface area contributed by atoms with E-state index in [1.165, 1.54) is 10.4 Å². The van der Waals surface area contributed by atoms with Gasteiger partial charge in [-0.15, -0.1) is 11.3 Å². The summed E-state index contributed by atoms with van der Waals surface area (Å²) in [5, 5.41) is 12.8. The summed E-state index contributed by atoms with van der Waals surface area (Å²) < 4.78 is 0.836. The number of aryl methyl sites for hydroxylation is 1. The van der Waals surface area contributed by atoms with Crippen LogP contribution in [-0.4, -0.2) is 0 Å².